The number of halogens is 1. The normalized spacial score (nSPS) is 14.2. The van der Waals surface area contributed by atoms with Crippen LogP contribution in [0, 0.1) is 5.41 Å². The van der Waals surface area contributed by atoms with Gasteiger partial charge >= 0.3 is 6.03 Å². The molecular weight excluding hydrogens is 314 g/mol. The van der Waals surface area contributed by atoms with E-state index in [9.17, 15) is 4.79 Å². The fourth-order valence-corrected chi connectivity index (χ4v) is 2.61. The first-order valence-electron chi connectivity index (χ1n) is 6.85. The second kappa shape index (κ2) is 5.73. The van der Waals surface area contributed by atoms with Crippen LogP contribution in [0.25, 0.3) is 0 Å². The molecule has 1 aliphatic rings. The van der Waals surface area contributed by atoms with Crippen molar-refractivity contribution in [3.8, 4) is 0 Å². The van der Waals surface area contributed by atoms with E-state index in [4.69, 9.17) is 22.7 Å². The number of fused-ring (bicyclic) bond motifs is 1. The van der Waals surface area contributed by atoms with Gasteiger partial charge in [-0.15, -0.1) is 0 Å². The average molecular weight is 328 g/mol. The molecule has 0 atom stereocenters. The monoisotopic (exact) mass is 327 g/mol. The topological polar surface area (TPSA) is 85.8 Å². The van der Waals surface area contributed by atoms with E-state index in [0.29, 0.717) is 22.0 Å². The van der Waals surface area contributed by atoms with E-state index in [0.717, 1.165) is 10.5 Å². The molecule has 3 rings (SSSR count). The number of benzene rings is 2. The summed E-state index contributed by atoms with van der Waals surface area (Å²) in [6.45, 7) is 0. The lowest BCUT2D eigenvalue weighted by Crippen LogP contribution is -2.45. The van der Waals surface area contributed by atoms with Gasteiger partial charge in [-0.3, -0.25) is 5.41 Å². The largest absolute Gasteiger partial charge is 0.351 e. The number of amides is 2. The Bertz CT molecular complexity index is 818. The summed E-state index contributed by atoms with van der Waals surface area (Å²) in [7, 11) is 1.59. The molecule has 0 saturated carbocycles. The number of hydrogen-bond donors (Lipinski definition) is 2. The number of carbonyl (C=O) groups is 1. The number of rotatable bonds is 1. The fourth-order valence-electron chi connectivity index (χ4n) is 2.44. The highest BCUT2D eigenvalue weighted by Gasteiger charge is 2.29. The van der Waals surface area contributed by atoms with Gasteiger partial charge in [0.15, 0.2) is 0 Å². The van der Waals surface area contributed by atoms with Gasteiger partial charge in [-0.25, -0.2) is 14.7 Å². The first-order chi connectivity index (χ1) is 11.0. The van der Waals surface area contributed by atoms with Crippen LogP contribution in [0.3, 0.4) is 0 Å². The predicted molar refractivity (Wildman–Crippen MR) is 91.1 cm³/mol. The SMILES string of the molecule is CN1N=C(c2ccccc2)c2cc(Cl)ccc2N(C(N)=O)C1=N. The van der Waals surface area contributed by atoms with Crippen LogP contribution in [0.4, 0.5) is 10.5 Å². The molecular formula is C16H14ClN5O. The lowest BCUT2D eigenvalue weighted by Gasteiger charge is -2.23. The van der Waals surface area contributed by atoms with E-state index in [1.165, 1.54) is 5.01 Å². The van der Waals surface area contributed by atoms with Gasteiger partial charge in [0, 0.05) is 23.2 Å². The second-order valence-electron chi connectivity index (χ2n) is 5.00. The number of primary amides is 1. The third kappa shape index (κ3) is 2.64. The Balaban J connectivity index is 2.30. The van der Waals surface area contributed by atoms with Crippen LogP contribution >= 0.6 is 11.6 Å². The van der Waals surface area contributed by atoms with E-state index in [1.807, 2.05) is 30.3 Å². The number of nitrogens with one attached hydrogen (secondary N) is 1. The molecule has 2 aromatic carbocycles. The number of carbonyl (C=O) groups excluding carboxylic acids is 1. The molecule has 0 spiro atoms. The summed E-state index contributed by atoms with van der Waals surface area (Å²) in [6.07, 6.45) is 0. The lowest BCUT2D eigenvalue weighted by atomic mass is 10.0. The van der Waals surface area contributed by atoms with Crippen molar-refractivity contribution in [3.63, 3.8) is 0 Å². The molecule has 0 aromatic heterocycles. The van der Waals surface area contributed by atoms with Crippen LogP contribution in [0.15, 0.2) is 53.6 Å². The smallest absolute Gasteiger partial charge is 0.326 e. The Kier molecular flexibility index (Phi) is 3.75. The highest BCUT2D eigenvalue weighted by Crippen LogP contribution is 2.30. The van der Waals surface area contributed by atoms with Crippen molar-refractivity contribution >= 4 is 35.0 Å². The maximum Gasteiger partial charge on any atom is 0.326 e. The van der Waals surface area contributed by atoms with Crippen LogP contribution in [-0.4, -0.2) is 29.8 Å². The summed E-state index contributed by atoms with van der Waals surface area (Å²) in [4.78, 5) is 13.0. The number of nitrogens with zero attached hydrogens (tertiary/aromatic N) is 3. The van der Waals surface area contributed by atoms with Crippen molar-refractivity contribution in [1.29, 1.82) is 5.41 Å². The summed E-state index contributed by atoms with van der Waals surface area (Å²) in [6, 6.07) is 13.8. The summed E-state index contributed by atoms with van der Waals surface area (Å²) in [5, 5.41) is 14.4. The van der Waals surface area contributed by atoms with Crippen LogP contribution < -0.4 is 10.6 Å². The molecule has 0 aliphatic carbocycles. The standard InChI is InChI=1S/C16H14ClN5O/c1-21-15(18)22(16(19)23)13-8-7-11(17)9-12(13)14(20-21)10-5-3-2-4-6-10/h2-9,18H,1H3,(H2,19,23). The van der Waals surface area contributed by atoms with Crippen LogP contribution in [0.5, 0.6) is 0 Å². The average Bonchev–Trinajstić information content (AvgIpc) is 2.64. The molecule has 0 saturated heterocycles. The molecule has 7 heteroatoms. The predicted octanol–water partition coefficient (Wildman–Crippen LogP) is 2.86. The van der Waals surface area contributed by atoms with Gasteiger partial charge < -0.3 is 5.73 Å². The number of nitrogens with two attached hydrogens (primary N) is 1. The molecule has 6 nitrogen and oxygen atoms in total. The maximum absolute atomic E-state index is 11.9. The first kappa shape index (κ1) is 15.1. The van der Waals surface area contributed by atoms with Crippen molar-refractivity contribution in [1.82, 2.24) is 5.01 Å². The van der Waals surface area contributed by atoms with Crippen molar-refractivity contribution < 1.29 is 4.79 Å². The molecule has 0 radical (unpaired) electrons. The highest BCUT2D eigenvalue weighted by molar-refractivity contribution is 6.32. The summed E-state index contributed by atoms with van der Waals surface area (Å²) < 4.78 is 0. The van der Waals surface area contributed by atoms with E-state index in [2.05, 4.69) is 5.10 Å². The summed E-state index contributed by atoms with van der Waals surface area (Å²) in [5.41, 5.74) is 8.03. The van der Waals surface area contributed by atoms with Crippen molar-refractivity contribution in [2.45, 2.75) is 0 Å². The van der Waals surface area contributed by atoms with Gasteiger partial charge in [0.2, 0.25) is 5.96 Å². The number of hydrogen-bond acceptors (Lipinski definition) is 3. The second-order valence-corrected chi connectivity index (χ2v) is 5.43. The van der Waals surface area contributed by atoms with Gasteiger partial charge in [0.1, 0.15) is 5.71 Å². The molecule has 3 N–H and O–H groups in total. The van der Waals surface area contributed by atoms with Crippen molar-refractivity contribution in [3.05, 3.63) is 64.7 Å². The molecule has 116 valence electrons. The third-order valence-corrected chi connectivity index (χ3v) is 3.73. The molecule has 1 aliphatic heterocycles. The third-order valence-electron chi connectivity index (χ3n) is 3.49. The number of urea groups is 1. The van der Waals surface area contributed by atoms with E-state index < -0.39 is 6.03 Å². The quantitative estimate of drug-likeness (QED) is 0.843. The summed E-state index contributed by atoms with van der Waals surface area (Å²) >= 11 is 6.13. The molecule has 2 amide bonds. The van der Waals surface area contributed by atoms with Gasteiger partial charge in [-0.2, -0.15) is 5.10 Å². The Hall–Kier alpha value is -2.86. The van der Waals surface area contributed by atoms with Crippen LogP contribution in [0.1, 0.15) is 11.1 Å². The van der Waals surface area contributed by atoms with E-state index in [1.54, 1.807) is 25.2 Å². The first-order valence-corrected chi connectivity index (χ1v) is 7.22. The zero-order valence-corrected chi connectivity index (χ0v) is 13.1. The van der Waals surface area contributed by atoms with Crippen LogP contribution in [0.2, 0.25) is 5.02 Å². The molecule has 0 fully saturated rings. The number of anilines is 1. The molecule has 0 unspecified atom stereocenters. The molecule has 23 heavy (non-hydrogen) atoms. The Morgan fingerprint density at radius 3 is 2.57 bits per heavy atom. The maximum atomic E-state index is 11.9. The van der Waals surface area contributed by atoms with Gasteiger partial charge in [0.25, 0.3) is 0 Å². The minimum Gasteiger partial charge on any atom is -0.351 e. The zero-order valence-electron chi connectivity index (χ0n) is 12.3. The Labute approximate surface area is 138 Å². The summed E-state index contributed by atoms with van der Waals surface area (Å²) in [5.74, 6) is -0.132. The lowest BCUT2D eigenvalue weighted by molar-refractivity contribution is 0.256. The van der Waals surface area contributed by atoms with Crippen LogP contribution in [-0.2, 0) is 0 Å². The number of hydrazone groups is 1. The minimum atomic E-state index is -0.755. The van der Waals surface area contributed by atoms with E-state index in [-0.39, 0.29) is 5.96 Å². The van der Waals surface area contributed by atoms with Gasteiger partial charge in [-0.1, -0.05) is 41.9 Å². The fraction of sp³-hybridized carbons (Fsp3) is 0.0625. The van der Waals surface area contributed by atoms with Gasteiger partial charge in [-0.05, 0) is 18.2 Å². The molecule has 0 bridgehead atoms. The Morgan fingerprint density at radius 1 is 1.22 bits per heavy atom. The van der Waals surface area contributed by atoms with Gasteiger partial charge in [0.05, 0.1) is 5.69 Å². The van der Waals surface area contributed by atoms with Crippen molar-refractivity contribution in [2.24, 2.45) is 10.8 Å². The molecule has 2 aromatic rings. The minimum absolute atomic E-state index is 0.132. The van der Waals surface area contributed by atoms with Crippen molar-refractivity contribution in [2.75, 3.05) is 11.9 Å². The zero-order chi connectivity index (χ0) is 16.6. The van der Waals surface area contributed by atoms with E-state index >= 15 is 0 Å². The Morgan fingerprint density at radius 2 is 1.91 bits per heavy atom. The number of guanidine groups is 1. The highest BCUT2D eigenvalue weighted by atomic mass is 35.5. The molecule has 1 heterocycles.